The zero-order valence-electron chi connectivity index (χ0n) is 14.2. The molecule has 1 N–H and O–H groups in total. The standard InChI is InChI=1S/C19H19FN4O2/c20-16-12-22-8-3-14(16)18(26)24-9-4-19(5-10-24)15(11-17(25)23-19)13-1-6-21-7-2-13/h1-3,6-8,12,15H,4-5,9-11H2,(H,23,25). The van der Waals surface area contributed by atoms with Crippen molar-refractivity contribution in [3.05, 3.63) is 59.9 Å². The average Bonchev–Trinajstić information content (AvgIpc) is 2.98. The molecule has 2 aliphatic heterocycles. The van der Waals surface area contributed by atoms with Gasteiger partial charge in [-0.05, 0) is 36.6 Å². The molecular weight excluding hydrogens is 335 g/mol. The van der Waals surface area contributed by atoms with Crippen molar-refractivity contribution in [2.45, 2.75) is 30.7 Å². The molecule has 2 aromatic rings. The molecule has 2 aliphatic rings. The molecular formula is C19H19FN4O2. The molecule has 2 saturated heterocycles. The van der Waals surface area contributed by atoms with Crippen molar-refractivity contribution >= 4 is 11.8 Å². The normalized spacial score (nSPS) is 21.7. The van der Waals surface area contributed by atoms with Gasteiger partial charge in [0.1, 0.15) is 0 Å². The quantitative estimate of drug-likeness (QED) is 0.894. The monoisotopic (exact) mass is 354 g/mol. The Morgan fingerprint density at radius 3 is 2.54 bits per heavy atom. The lowest BCUT2D eigenvalue weighted by atomic mass is 9.74. The summed E-state index contributed by atoms with van der Waals surface area (Å²) in [6.07, 6.45) is 7.66. The van der Waals surface area contributed by atoms with Crippen molar-refractivity contribution in [1.29, 1.82) is 0 Å². The van der Waals surface area contributed by atoms with E-state index in [1.165, 1.54) is 12.3 Å². The second kappa shape index (κ2) is 6.48. The van der Waals surface area contributed by atoms with Crippen LogP contribution in [0, 0.1) is 5.82 Å². The third-order valence-electron chi connectivity index (χ3n) is 5.50. The van der Waals surface area contributed by atoms with Gasteiger partial charge in [0, 0.05) is 44.0 Å². The number of carbonyl (C=O) groups excluding carboxylic acids is 2. The zero-order chi connectivity index (χ0) is 18.1. The average molecular weight is 354 g/mol. The number of pyridine rings is 2. The van der Waals surface area contributed by atoms with Gasteiger partial charge in [0.15, 0.2) is 5.82 Å². The van der Waals surface area contributed by atoms with Crippen LogP contribution in [0.4, 0.5) is 4.39 Å². The first-order valence-corrected chi connectivity index (χ1v) is 8.69. The predicted octanol–water partition coefficient (Wildman–Crippen LogP) is 1.89. The van der Waals surface area contributed by atoms with E-state index in [0.717, 1.165) is 11.8 Å². The lowest BCUT2D eigenvalue weighted by Crippen LogP contribution is -2.54. The van der Waals surface area contributed by atoms with Gasteiger partial charge < -0.3 is 10.2 Å². The maximum Gasteiger partial charge on any atom is 0.256 e. The number of amides is 2. The van der Waals surface area contributed by atoms with E-state index in [-0.39, 0.29) is 28.8 Å². The predicted molar refractivity (Wildman–Crippen MR) is 91.8 cm³/mol. The highest BCUT2D eigenvalue weighted by Gasteiger charge is 2.49. The number of halogens is 1. The highest BCUT2D eigenvalue weighted by Crippen LogP contribution is 2.43. The first-order chi connectivity index (χ1) is 12.6. The zero-order valence-corrected chi connectivity index (χ0v) is 14.2. The second-order valence-electron chi connectivity index (χ2n) is 6.89. The van der Waals surface area contributed by atoms with Crippen LogP contribution in [0.25, 0.3) is 0 Å². The molecule has 0 radical (unpaired) electrons. The summed E-state index contributed by atoms with van der Waals surface area (Å²) in [6, 6.07) is 5.28. The lowest BCUT2D eigenvalue weighted by Gasteiger charge is -2.43. The van der Waals surface area contributed by atoms with E-state index >= 15 is 0 Å². The Kier molecular flexibility index (Phi) is 4.14. The van der Waals surface area contributed by atoms with Crippen LogP contribution in [0.15, 0.2) is 43.0 Å². The van der Waals surface area contributed by atoms with Gasteiger partial charge in [-0.25, -0.2) is 4.39 Å². The SMILES string of the molecule is O=C1CC(c2ccncc2)C2(CCN(C(=O)c3ccncc3F)CC2)N1. The van der Waals surface area contributed by atoms with E-state index in [1.54, 1.807) is 17.3 Å². The molecule has 0 bridgehead atoms. The molecule has 2 amide bonds. The molecule has 26 heavy (non-hydrogen) atoms. The summed E-state index contributed by atoms with van der Waals surface area (Å²) in [7, 11) is 0. The summed E-state index contributed by atoms with van der Waals surface area (Å²) in [5, 5.41) is 3.15. The molecule has 0 aromatic carbocycles. The van der Waals surface area contributed by atoms with Gasteiger partial charge in [-0.1, -0.05) is 0 Å². The van der Waals surface area contributed by atoms with Crippen LogP contribution in [0.5, 0.6) is 0 Å². The maximum absolute atomic E-state index is 13.9. The molecule has 1 unspecified atom stereocenters. The van der Waals surface area contributed by atoms with Crippen molar-refractivity contribution in [1.82, 2.24) is 20.2 Å². The van der Waals surface area contributed by atoms with Gasteiger partial charge in [0.05, 0.1) is 17.3 Å². The highest BCUT2D eigenvalue weighted by molar-refractivity contribution is 5.94. The number of nitrogens with zero attached hydrogens (tertiary/aromatic N) is 3. The molecule has 1 spiro atoms. The van der Waals surface area contributed by atoms with Gasteiger partial charge in [-0.2, -0.15) is 0 Å². The summed E-state index contributed by atoms with van der Waals surface area (Å²) in [5.41, 5.74) is 0.766. The fourth-order valence-electron chi connectivity index (χ4n) is 4.13. The summed E-state index contributed by atoms with van der Waals surface area (Å²) in [5.74, 6) is -0.842. The fraction of sp³-hybridized carbons (Fsp3) is 0.368. The number of carbonyl (C=O) groups is 2. The van der Waals surface area contributed by atoms with Crippen LogP contribution in [0.3, 0.4) is 0 Å². The van der Waals surface area contributed by atoms with Crippen LogP contribution in [0.2, 0.25) is 0 Å². The first kappa shape index (κ1) is 16.6. The first-order valence-electron chi connectivity index (χ1n) is 8.69. The Morgan fingerprint density at radius 1 is 1.15 bits per heavy atom. The van der Waals surface area contributed by atoms with Crippen molar-refractivity contribution in [3.63, 3.8) is 0 Å². The van der Waals surface area contributed by atoms with Crippen molar-refractivity contribution in [3.8, 4) is 0 Å². The van der Waals surface area contributed by atoms with Crippen LogP contribution in [0.1, 0.15) is 41.1 Å². The molecule has 0 saturated carbocycles. The Hall–Kier alpha value is -2.83. The van der Waals surface area contributed by atoms with E-state index < -0.39 is 5.82 Å². The van der Waals surface area contributed by atoms with Crippen LogP contribution < -0.4 is 5.32 Å². The molecule has 0 aliphatic carbocycles. The van der Waals surface area contributed by atoms with Crippen molar-refractivity contribution in [2.24, 2.45) is 0 Å². The minimum absolute atomic E-state index is 0.0340. The van der Waals surface area contributed by atoms with E-state index in [2.05, 4.69) is 15.3 Å². The van der Waals surface area contributed by atoms with Gasteiger partial charge >= 0.3 is 0 Å². The largest absolute Gasteiger partial charge is 0.350 e. The summed E-state index contributed by atoms with van der Waals surface area (Å²) < 4.78 is 13.9. The van der Waals surface area contributed by atoms with E-state index in [9.17, 15) is 14.0 Å². The highest BCUT2D eigenvalue weighted by atomic mass is 19.1. The Balaban J connectivity index is 1.52. The summed E-state index contributed by atoms with van der Waals surface area (Å²) in [6.45, 7) is 0.949. The van der Waals surface area contributed by atoms with Gasteiger partial charge in [0.25, 0.3) is 5.91 Å². The van der Waals surface area contributed by atoms with Crippen LogP contribution in [-0.4, -0.2) is 45.3 Å². The number of likely N-dealkylation sites (tertiary alicyclic amines) is 1. The topological polar surface area (TPSA) is 75.2 Å². The Bertz CT molecular complexity index is 834. The van der Waals surface area contributed by atoms with E-state index in [0.29, 0.717) is 32.4 Å². The molecule has 1 atom stereocenters. The number of nitrogens with one attached hydrogen (secondary N) is 1. The van der Waals surface area contributed by atoms with E-state index in [4.69, 9.17) is 0 Å². The van der Waals surface area contributed by atoms with Gasteiger partial charge in [-0.3, -0.25) is 19.6 Å². The molecule has 2 fully saturated rings. The second-order valence-corrected chi connectivity index (χ2v) is 6.89. The molecule has 134 valence electrons. The molecule has 4 heterocycles. The summed E-state index contributed by atoms with van der Waals surface area (Å²) >= 11 is 0. The number of hydrogen-bond acceptors (Lipinski definition) is 4. The minimum Gasteiger partial charge on any atom is -0.350 e. The van der Waals surface area contributed by atoms with Crippen LogP contribution in [-0.2, 0) is 4.79 Å². The third kappa shape index (κ3) is 2.83. The number of rotatable bonds is 2. The van der Waals surface area contributed by atoms with Gasteiger partial charge in [0.2, 0.25) is 5.91 Å². The lowest BCUT2D eigenvalue weighted by molar-refractivity contribution is -0.120. The molecule has 2 aromatic heterocycles. The third-order valence-corrected chi connectivity index (χ3v) is 5.50. The van der Waals surface area contributed by atoms with Crippen molar-refractivity contribution < 1.29 is 14.0 Å². The number of hydrogen-bond donors (Lipinski definition) is 1. The Morgan fingerprint density at radius 2 is 1.85 bits per heavy atom. The fourth-order valence-corrected chi connectivity index (χ4v) is 4.13. The molecule has 7 heteroatoms. The van der Waals surface area contributed by atoms with Gasteiger partial charge in [-0.15, -0.1) is 0 Å². The van der Waals surface area contributed by atoms with Crippen molar-refractivity contribution in [2.75, 3.05) is 13.1 Å². The van der Waals surface area contributed by atoms with E-state index in [1.807, 2.05) is 12.1 Å². The molecule has 4 rings (SSSR count). The van der Waals surface area contributed by atoms with Crippen LogP contribution >= 0.6 is 0 Å². The maximum atomic E-state index is 13.9. The molecule has 6 nitrogen and oxygen atoms in total. The smallest absolute Gasteiger partial charge is 0.256 e. The summed E-state index contributed by atoms with van der Waals surface area (Å²) in [4.78, 5) is 34.1. The number of piperidine rings is 1. The minimum atomic E-state index is -0.610. The number of aromatic nitrogens is 2. The Labute approximate surface area is 150 Å².